The molecular formula is C17H28N4O2. The number of hydrogen-bond acceptors (Lipinski definition) is 5. The first kappa shape index (κ1) is 17.8. The van der Waals surface area contributed by atoms with Crippen molar-refractivity contribution in [1.29, 1.82) is 0 Å². The van der Waals surface area contributed by atoms with Crippen molar-refractivity contribution in [2.75, 3.05) is 33.4 Å². The lowest BCUT2D eigenvalue weighted by Crippen LogP contribution is -2.47. The van der Waals surface area contributed by atoms with Gasteiger partial charge in [0.25, 0.3) is 5.91 Å². The highest BCUT2D eigenvalue weighted by molar-refractivity contribution is 5.95. The first-order valence-electron chi connectivity index (χ1n) is 8.29. The predicted molar refractivity (Wildman–Crippen MR) is 89.6 cm³/mol. The minimum atomic E-state index is -0.0947. The number of hydrogen-bond donors (Lipinski definition) is 2. The summed E-state index contributed by atoms with van der Waals surface area (Å²) in [5, 5.41) is 6.44. The average molecular weight is 320 g/mol. The Balaban J connectivity index is 2.09. The second kappa shape index (κ2) is 7.84. The maximum Gasteiger partial charge on any atom is 0.254 e. The van der Waals surface area contributed by atoms with Gasteiger partial charge in [-0.3, -0.25) is 4.79 Å². The van der Waals surface area contributed by atoms with Crippen molar-refractivity contribution in [2.45, 2.75) is 39.5 Å². The fraction of sp³-hybridized carbons (Fsp3) is 0.706. The average Bonchev–Trinajstić information content (AvgIpc) is 2.54. The van der Waals surface area contributed by atoms with Gasteiger partial charge in [-0.15, -0.1) is 0 Å². The second-order valence-corrected chi connectivity index (χ2v) is 6.74. The van der Waals surface area contributed by atoms with Gasteiger partial charge in [-0.05, 0) is 38.8 Å². The standard InChI is InChI=1S/C17H28N4O2/c1-12(2)15-14(9-19-13(3)21-15)16(22)20-10-17(11-23-4)5-7-18-8-6-17/h9,12,18H,5-8,10-11H2,1-4H3,(H,20,22). The van der Waals surface area contributed by atoms with E-state index >= 15 is 0 Å². The Labute approximate surface area is 138 Å². The molecule has 0 unspecified atom stereocenters. The van der Waals surface area contributed by atoms with Gasteiger partial charge in [0.15, 0.2) is 0 Å². The molecule has 6 heteroatoms. The summed E-state index contributed by atoms with van der Waals surface area (Å²) >= 11 is 0. The van der Waals surface area contributed by atoms with E-state index in [0.717, 1.165) is 31.6 Å². The monoisotopic (exact) mass is 320 g/mol. The normalized spacial score (nSPS) is 17.3. The Kier molecular flexibility index (Phi) is 6.07. The number of rotatable bonds is 6. The summed E-state index contributed by atoms with van der Waals surface area (Å²) in [6, 6.07) is 0. The Morgan fingerprint density at radius 2 is 2.13 bits per heavy atom. The summed E-state index contributed by atoms with van der Waals surface area (Å²) < 4.78 is 5.40. The zero-order valence-corrected chi connectivity index (χ0v) is 14.6. The summed E-state index contributed by atoms with van der Waals surface area (Å²) in [7, 11) is 1.72. The summed E-state index contributed by atoms with van der Waals surface area (Å²) in [6.07, 6.45) is 3.64. The molecule has 0 atom stereocenters. The maximum atomic E-state index is 12.6. The van der Waals surface area contributed by atoms with Crippen molar-refractivity contribution in [3.63, 3.8) is 0 Å². The number of carbonyl (C=O) groups is 1. The molecule has 2 rings (SSSR count). The molecular weight excluding hydrogens is 292 g/mol. The number of methoxy groups -OCH3 is 1. The molecule has 1 aromatic heterocycles. The van der Waals surface area contributed by atoms with E-state index in [0.29, 0.717) is 24.5 Å². The van der Waals surface area contributed by atoms with E-state index < -0.39 is 0 Å². The number of carbonyl (C=O) groups excluding carboxylic acids is 1. The quantitative estimate of drug-likeness (QED) is 0.833. The van der Waals surface area contributed by atoms with Crippen LogP contribution in [0.1, 0.15) is 54.5 Å². The van der Waals surface area contributed by atoms with Gasteiger partial charge in [0.1, 0.15) is 5.82 Å². The van der Waals surface area contributed by atoms with Gasteiger partial charge in [0, 0.05) is 25.3 Å². The molecule has 1 aliphatic rings. The minimum Gasteiger partial charge on any atom is -0.384 e. The predicted octanol–water partition coefficient (Wildman–Crippen LogP) is 1.65. The van der Waals surface area contributed by atoms with Crippen LogP contribution in [0.25, 0.3) is 0 Å². The van der Waals surface area contributed by atoms with Crippen LogP contribution in [0.3, 0.4) is 0 Å². The first-order chi connectivity index (χ1) is 11.0. The molecule has 23 heavy (non-hydrogen) atoms. The van der Waals surface area contributed by atoms with E-state index in [1.165, 1.54) is 0 Å². The second-order valence-electron chi connectivity index (χ2n) is 6.74. The van der Waals surface area contributed by atoms with Gasteiger partial charge < -0.3 is 15.4 Å². The Hall–Kier alpha value is -1.53. The zero-order chi connectivity index (χ0) is 16.9. The highest BCUT2D eigenvalue weighted by Gasteiger charge is 2.33. The molecule has 2 heterocycles. The summed E-state index contributed by atoms with van der Waals surface area (Å²) in [6.45, 7) is 9.13. The van der Waals surface area contributed by atoms with Gasteiger partial charge in [0.2, 0.25) is 0 Å². The van der Waals surface area contributed by atoms with Crippen molar-refractivity contribution < 1.29 is 9.53 Å². The number of aryl methyl sites for hydroxylation is 1. The molecule has 0 bridgehead atoms. The van der Waals surface area contributed by atoms with Gasteiger partial charge in [-0.25, -0.2) is 9.97 Å². The fourth-order valence-corrected chi connectivity index (χ4v) is 3.10. The Morgan fingerprint density at radius 1 is 1.43 bits per heavy atom. The molecule has 0 spiro atoms. The van der Waals surface area contributed by atoms with Gasteiger partial charge in [0.05, 0.1) is 17.9 Å². The molecule has 0 saturated carbocycles. The third kappa shape index (κ3) is 4.48. The van der Waals surface area contributed by atoms with Gasteiger partial charge in [-0.2, -0.15) is 0 Å². The van der Waals surface area contributed by atoms with Crippen LogP contribution in [-0.2, 0) is 4.74 Å². The van der Waals surface area contributed by atoms with Crippen molar-refractivity contribution in [3.8, 4) is 0 Å². The third-order valence-corrected chi connectivity index (χ3v) is 4.47. The van der Waals surface area contributed by atoms with Crippen LogP contribution in [0.15, 0.2) is 6.20 Å². The summed E-state index contributed by atoms with van der Waals surface area (Å²) in [4.78, 5) is 21.2. The van der Waals surface area contributed by atoms with E-state index in [4.69, 9.17) is 4.74 Å². The molecule has 128 valence electrons. The van der Waals surface area contributed by atoms with E-state index in [1.54, 1.807) is 13.3 Å². The molecule has 1 aliphatic heterocycles. The van der Waals surface area contributed by atoms with E-state index in [2.05, 4.69) is 20.6 Å². The smallest absolute Gasteiger partial charge is 0.254 e. The van der Waals surface area contributed by atoms with Crippen LogP contribution in [0.2, 0.25) is 0 Å². The van der Waals surface area contributed by atoms with Crippen molar-refractivity contribution >= 4 is 5.91 Å². The molecule has 0 radical (unpaired) electrons. The molecule has 0 aromatic carbocycles. The van der Waals surface area contributed by atoms with Crippen LogP contribution in [0.4, 0.5) is 0 Å². The minimum absolute atomic E-state index is 0.0131. The van der Waals surface area contributed by atoms with Crippen LogP contribution in [0, 0.1) is 12.3 Å². The lowest BCUT2D eigenvalue weighted by atomic mass is 9.79. The Morgan fingerprint density at radius 3 is 2.74 bits per heavy atom. The highest BCUT2D eigenvalue weighted by atomic mass is 16.5. The maximum absolute atomic E-state index is 12.6. The van der Waals surface area contributed by atoms with E-state index in [1.807, 2.05) is 20.8 Å². The number of amides is 1. The van der Waals surface area contributed by atoms with E-state index in [-0.39, 0.29) is 17.2 Å². The van der Waals surface area contributed by atoms with Crippen LogP contribution in [0.5, 0.6) is 0 Å². The van der Waals surface area contributed by atoms with Crippen molar-refractivity contribution in [3.05, 3.63) is 23.3 Å². The molecule has 1 saturated heterocycles. The lowest BCUT2D eigenvalue weighted by molar-refractivity contribution is 0.0511. The number of ether oxygens (including phenoxy) is 1. The van der Waals surface area contributed by atoms with Crippen LogP contribution in [-0.4, -0.2) is 49.2 Å². The lowest BCUT2D eigenvalue weighted by Gasteiger charge is -2.37. The fourth-order valence-electron chi connectivity index (χ4n) is 3.10. The number of piperidine rings is 1. The molecule has 1 aromatic rings. The highest BCUT2D eigenvalue weighted by Crippen LogP contribution is 2.28. The van der Waals surface area contributed by atoms with Crippen LogP contribution >= 0.6 is 0 Å². The summed E-state index contributed by atoms with van der Waals surface area (Å²) in [5.74, 6) is 0.784. The Bertz CT molecular complexity index is 534. The molecule has 6 nitrogen and oxygen atoms in total. The summed E-state index contributed by atoms with van der Waals surface area (Å²) in [5.41, 5.74) is 1.40. The van der Waals surface area contributed by atoms with Crippen molar-refractivity contribution in [2.24, 2.45) is 5.41 Å². The van der Waals surface area contributed by atoms with E-state index in [9.17, 15) is 4.79 Å². The molecule has 0 aliphatic carbocycles. The first-order valence-corrected chi connectivity index (χ1v) is 8.29. The number of aromatic nitrogens is 2. The number of nitrogens with zero attached hydrogens (tertiary/aromatic N) is 2. The van der Waals surface area contributed by atoms with Crippen molar-refractivity contribution in [1.82, 2.24) is 20.6 Å². The molecule has 1 fully saturated rings. The largest absolute Gasteiger partial charge is 0.384 e. The van der Waals surface area contributed by atoms with Gasteiger partial charge >= 0.3 is 0 Å². The SMILES string of the molecule is COCC1(CNC(=O)c2cnc(C)nc2C(C)C)CCNCC1. The molecule has 1 amide bonds. The number of nitrogens with one attached hydrogen (secondary N) is 2. The van der Waals surface area contributed by atoms with Gasteiger partial charge in [-0.1, -0.05) is 13.8 Å². The zero-order valence-electron chi connectivity index (χ0n) is 14.6. The topological polar surface area (TPSA) is 76.1 Å². The third-order valence-electron chi connectivity index (χ3n) is 4.47. The van der Waals surface area contributed by atoms with Crippen LogP contribution < -0.4 is 10.6 Å². The molecule has 2 N–H and O–H groups in total.